The Bertz CT molecular complexity index is 518. The van der Waals surface area contributed by atoms with Crippen LogP contribution in [0.1, 0.15) is 19.5 Å². The number of benzene rings is 1. The molecule has 0 saturated carbocycles. The van der Waals surface area contributed by atoms with Gasteiger partial charge in [0.05, 0.1) is 17.6 Å². The molecule has 6 heteroatoms. The summed E-state index contributed by atoms with van der Waals surface area (Å²) in [5.74, 6) is -0.394. The van der Waals surface area contributed by atoms with E-state index in [2.05, 4.69) is 29.5 Å². The summed E-state index contributed by atoms with van der Waals surface area (Å²) in [6, 6.07) is 4.63. The topological polar surface area (TPSA) is 42.7 Å². The van der Waals surface area contributed by atoms with E-state index in [9.17, 15) is 4.39 Å². The number of halogens is 2. The summed E-state index contributed by atoms with van der Waals surface area (Å²) in [6.07, 6.45) is 1.75. The van der Waals surface area contributed by atoms with Crippen LogP contribution >= 0.6 is 11.6 Å². The number of rotatable bonds is 4. The monoisotopic (exact) mass is 268 g/mol. The summed E-state index contributed by atoms with van der Waals surface area (Å²) in [5.41, 5.74) is 1.35. The van der Waals surface area contributed by atoms with Crippen molar-refractivity contribution in [2.24, 2.45) is 0 Å². The van der Waals surface area contributed by atoms with Crippen LogP contribution in [0, 0.1) is 5.82 Å². The maximum absolute atomic E-state index is 13.2. The zero-order chi connectivity index (χ0) is 13.1. The van der Waals surface area contributed by atoms with E-state index in [-0.39, 0.29) is 0 Å². The lowest BCUT2D eigenvalue weighted by molar-refractivity contribution is 0.580. The molecule has 1 aromatic carbocycles. The van der Waals surface area contributed by atoms with Crippen molar-refractivity contribution in [3.63, 3.8) is 0 Å². The van der Waals surface area contributed by atoms with Crippen LogP contribution in [0.4, 0.5) is 4.39 Å². The van der Waals surface area contributed by atoms with Gasteiger partial charge in [0, 0.05) is 17.6 Å². The van der Waals surface area contributed by atoms with Crippen LogP contribution in [0.5, 0.6) is 0 Å². The van der Waals surface area contributed by atoms with E-state index >= 15 is 0 Å². The van der Waals surface area contributed by atoms with Gasteiger partial charge >= 0.3 is 0 Å². The van der Waals surface area contributed by atoms with Gasteiger partial charge in [-0.15, -0.1) is 5.10 Å². The third-order valence-electron chi connectivity index (χ3n) is 2.34. The van der Waals surface area contributed by atoms with E-state index < -0.39 is 5.82 Å². The molecule has 2 rings (SSSR count). The predicted octanol–water partition coefficient (Wildman–Crippen LogP) is 2.56. The van der Waals surface area contributed by atoms with Crippen molar-refractivity contribution in [3.8, 4) is 5.69 Å². The molecule has 0 saturated heterocycles. The first-order valence-corrected chi connectivity index (χ1v) is 6.03. The number of hydrogen-bond donors (Lipinski definition) is 1. The second kappa shape index (κ2) is 5.46. The average Bonchev–Trinajstić information content (AvgIpc) is 2.73. The molecule has 0 amide bonds. The summed E-state index contributed by atoms with van der Waals surface area (Å²) in [4.78, 5) is 0. The van der Waals surface area contributed by atoms with Crippen molar-refractivity contribution >= 4 is 11.6 Å². The van der Waals surface area contributed by atoms with Gasteiger partial charge in [-0.3, -0.25) is 0 Å². The van der Waals surface area contributed by atoms with E-state index in [4.69, 9.17) is 11.6 Å². The molecule has 1 N–H and O–H groups in total. The minimum absolute atomic E-state index is 0.336. The average molecular weight is 269 g/mol. The summed E-state index contributed by atoms with van der Waals surface area (Å²) in [6.45, 7) is 4.73. The molecule has 2 aromatic rings. The SMILES string of the molecule is CC(C)NCc1cn(-c2cc(F)cc(Cl)c2)nn1. The lowest BCUT2D eigenvalue weighted by atomic mass is 10.3. The zero-order valence-electron chi connectivity index (χ0n) is 10.2. The second-order valence-corrected chi connectivity index (χ2v) is 4.75. The highest BCUT2D eigenvalue weighted by Crippen LogP contribution is 2.16. The molecule has 18 heavy (non-hydrogen) atoms. The van der Waals surface area contributed by atoms with Crippen LogP contribution in [-0.2, 0) is 6.54 Å². The Hall–Kier alpha value is -1.46. The van der Waals surface area contributed by atoms with E-state index in [1.807, 2.05) is 0 Å². The molecule has 4 nitrogen and oxygen atoms in total. The van der Waals surface area contributed by atoms with Crippen molar-refractivity contribution in [2.75, 3.05) is 0 Å². The molecule has 0 fully saturated rings. The number of aromatic nitrogens is 3. The van der Waals surface area contributed by atoms with Gasteiger partial charge in [-0.2, -0.15) is 0 Å². The van der Waals surface area contributed by atoms with Gasteiger partial charge in [0.15, 0.2) is 0 Å². The van der Waals surface area contributed by atoms with Gasteiger partial charge in [-0.25, -0.2) is 9.07 Å². The van der Waals surface area contributed by atoms with Gasteiger partial charge in [-0.05, 0) is 18.2 Å². The molecule has 0 spiro atoms. The Labute approximate surface area is 110 Å². The third kappa shape index (κ3) is 3.27. The molecular formula is C12H14ClFN4. The molecule has 0 unspecified atom stereocenters. The maximum atomic E-state index is 13.2. The van der Waals surface area contributed by atoms with E-state index in [0.717, 1.165) is 5.69 Å². The molecule has 1 aromatic heterocycles. The second-order valence-electron chi connectivity index (χ2n) is 4.32. The minimum atomic E-state index is -0.394. The molecule has 0 aliphatic heterocycles. The van der Waals surface area contributed by atoms with Gasteiger partial charge in [-0.1, -0.05) is 30.7 Å². The van der Waals surface area contributed by atoms with Crippen LogP contribution in [0.3, 0.4) is 0 Å². The molecule has 96 valence electrons. The van der Waals surface area contributed by atoms with E-state index in [1.54, 1.807) is 12.3 Å². The smallest absolute Gasteiger partial charge is 0.126 e. The molecule has 0 bridgehead atoms. The van der Waals surface area contributed by atoms with Crippen LogP contribution in [0.2, 0.25) is 5.02 Å². The fourth-order valence-corrected chi connectivity index (χ4v) is 1.70. The Morgan fingerprint density at radius 1 is 1.39 bits per heavy atom. The molecule has 1 heterocycles. The summed E-state index contributed by atoms with van der Waals surface area (Å²) >= 11 is 5.80. The molecule has 0 aliphatic carbocycles. The normalized spacial score (nSPS) is 11.2. The van der Waals surface area contributed by atoms with Crippen LogP contribution < -0.4 is 5.32 Å². The number of nitrogens with one attached hydrogen (secondary N) is 1. The maximum Gasteiger partial charge on any atom is 0.126 e. The third-order valence-corrected chi connectivity index (χ3v) is 2.56. The number of nitrogens with zero attached hydrogens (tertiary/aromatic N) is 3. The van der Waals surface area contributed by atoms with Crippen LogP contribution in [-0.4, -0.2) is 21.0 Å². The van der Waals surface area contributed by atoms with Gasteiger partial charge in [0.2, 0.25) is 0 Å². The Morgan fingerprint density at radius 3 is 2.83 bits per heavy atom. The standard InChI is InChI=1S/C12H14ClFN4/c1-8(2)15-6-11-7-18(17-16-11)12-4-9(13)3-10(14)5-12/h3-5,7-8,15H,6H2,1-2H3. The van der Waals surface area contributed by atoms with E-state index in [1.165, 1.54) is 16.8 Å². The van der Waals surface area contributed by atoms with Crippen LogP contribution in [0.15, 0.2) is 24.4 Å². The number of hydrogen-bond acceptors (Lipinski definition) is 3. The highest BCUT2D eigenvalue weighted by molar-refractivity contribution is 6.30. The highest BCUT2D eigenvalue weighted by atomic mass is 35.5. The molecule has 0 radical (unpaired) electrons. The predicted molar refractivity (Wildman–Crippen MR) is 68.3 cm³/mol. The first-order chi connectivity index (χ1) is 8.54. The molecule has 0 atom stereocenters. The van der Waals surface area contributed by atoms with Crippen molar-refractivity contribution in [2.45, 2.75) is 26.4 Å². The van der Waals surface area contributed by atoms with Crippen molar-refractivity contribution in [1.29, 1.82) is 0 Å². The Morgan fingerprint density at radius 2 is 2.17 bits per heavy atom. The fourth-order valence-electron chi connectivity index (χ4n) is 1.49. The first kappa shape index (κ1) is 13.0. The van der Waals surface area contributed by atoms with Gasteiger partial charge in [0.1, 0.15) is 5.82 Å². The molecular weight excluding hydrogens is 255 g/mol. The lowest BCUT2D eigenvalue weighted by Crippen LogP contribution is -2.21. The molecule has 0 aliphatic rings. The summed E-state index contributed by atoms with van der Waals surface area (Å²) < 4.78 is 14.7. The van der Waals surface area contributed by atoms with Crippen molar-refractivity contribution in [3.05, 3.63) is 40.9 Å². The quantitative estimate of drug-likeness (QED) is 0.927. The largest absolute Gasteiger partial charge is 0.309 e. The minimum Gasteiger partial charge on any atom is -0.309 e. The van der Waals surface area contributed by atoms with Gasteiger partial charge in [0.25, 0.3) is 0 Å². The Kier molecular flexibility index (Phi) is 3.93. The van der Waals surface area contributed by atoms with E-state index in [0.29, 0.717) is 23.3 Å². The summed E-state index contributed by atoms with van der Waals surface area (Å²) in [7, 11) is 0. The van der Waals surface area contributed by atoms with Crippen LogP contribution in [0.25, 0.3) is 5.69 Å². The Balaban J connectivity index is 2.18. The summed E-state index contributed by atoms with van der Waals surface area (Å²) in [5, 5.41) is 11.5. The van der Waals surface area contributed by atoms with Gasteiger partial charge < -0.3 is 5.32 Å². The van der Waals surface area contributed by atoms with Crippen molar-refractivity contribution < 1.29 is 4.39 Å². The first-order valence-electron chi connectivity index (χ1n) is 5.65. The van der Waals surface area contributed by atoms with Crippen molar-refractivity contribution in [1.82, 2.24) is 20.3 Å². The lowest BCUT2D eigenvalue weighted by Gasteiger charge is -2.04. The fraction of sp³-hybridized carbons (Fsp3) is 0.333. The zero-order valence-corrected chi connectivity index (χ0v) is 10.9. The highest BCUT2D eigenvalue weighted by Gasteiger charge is 2.05.